The monoisotopic (exact) mass is 379 g/mol. The van der Waals surface area contributed by atoms with Crippen molar-refractivity contribution in [2.45, 2.75) is 0 Å². The maximum atomic E-state index is 13.6. The molecule has 9 heteroatoms. The molecule has 2 aromatic rings. The minimum Gasteiger partial charge on any atom is -0.493 e. The van der Waals surface area contributed by atoms with Crippen LogP contribution in [0.2, 0.25) is 0 Å². The number of primary amides is 1. The van der Waals surface area contributed by atoms with Crippen LogP contribution in [0.3, 0.4) is 0 Å². The van der Waals surface area contributed by atoms with E-state index in [1.165, 1.54) is 25.3 Å². The SMILES string of the molecule is COc1cc(C(=O)OCC(=O)c2ccc(F)cc2F)ccc1OCC(N)=O. The van der Waals surface area contributed by atoms with Crippen molar-refractivity contribution in [1.82, 2.24) is 0 Å². The number of hydrogen-bond acceptors (Lipinski definition) is 6. The second-order valence-electron chi connectivity index (χ2n) is 5.24. The molecule has 0 saturated heterocycles. The molecule has 0 saturated carbocycles. The van der Waals surface area contributed by atoms with Gasteiger partial charge in [0.2, 0.25) is 5.78 Å². The van der Waals surface area contributed by atoms with E-state index in [0.717, 1.165) is 12.1 Å². The number of halogens is 2. The van der Waals surface area contributed by atoms with Gasteiger partial charge in [0, 0.05) is 6.07 Å². The number of carbonyl (C=O) groups is 3. The second-order valence-corrected chi connectivity index (χ2v) is 5.24. The van der Waals surface area contributed by atoms with Crippen molar-refractivity contribution >= 4 is 17.7 Å². The van der Waals surface area contributed by atoms with Crippen molar-refractivity contribution in [2.24, 2.45) is 5.73 Å². The largest absolute Gasteiger partial charge is 0.493 e. The summed E-state index contributed by atoms with van der Waals surface area (Å²) >= 11 is 0. The van der Waals surface area contributed by atoms with Gasteiger partial charge in [0.15, 0.2) is 24.7 Å². The second kappa shape index (κ2) is 8.75. The van der Waals surface area contributed by atoms with Gasteiger partial charge in [0.05, 0.1) is 18.2 Å². The highest BCUT2D eigenvalue weighted by Crippen LogP contribution is 2.28. The molecule has 2 aromatic carbocycles. The molecule has 142 valence electrons. The number of hydrogen-bond donors (Lipinski definition) is 1. The molecule has 1 amide bonds. The first-order valence-corrected chi connectivity index (χ1v) is 7.56. The third kappa shape index (κ3) is 5.24. The summed E-state index contributed by atoms with van der Waals surface area (Å²) in [4.78, 5) is 34.7. The van der Waals surface area contributed by atoms with Crippen LogP contribution in [0.25, 0.3) is 0 Å². The fraction of sp³-hybridized carbons (Fsp3) is 0.167. The van der Waals surface area contributed by atoms with Gasteiger partial charge in [-0.05, 0) is 30.3 Å². The molecule has 0 unspecified atom stereocenters. The first-order valence-electron chi connectivity index (χ1n) is 7.56. The quantitative estimate of drug-likeness (QED) is 0.555. The van der Waals surface area contributed by atoms with Crippen molar-refractivity contribution < 1.29 is 37.4 Å². The highest BCUT2D eigenvalue weighted by molar-refractivity contribution is 5.99. The van der Waals surface area contributed by atoms with Gasteiger partial charge >= 0.3 is 5.97 Å². The summed E-state index contributed by atoms with van der Waals surface area (Å²) in [5.74, 6) is -3.94. The van der Waals surface area contributed by atoms with Crippen LogP contribution in [0.15, 0.2) is 36.4 Å². The van der Waals surface area contributed by atoms with Crippen molar-refractivity contribution in [3.05, 3.63) is 59.2 Å². The summed E-state index contributed by atoms with van der Waals surface area (Å²) in [5.41, 5.74) is 4.63. The lowest BCUT2D eigenvalue weighted by molar-refractivity contribution is -0.119. The highest BCUT2D eigenvalue weighted by Gasteiger charge is 2.17. The number of ketones is 1. The van der Waals surface area contributed by atoms with E-state index in [2.05, 4.69) is 0 Å². The van der Waals surface area contributed by atoms with Gasteiger partial charge in [-0.1, -0.05) is 0 Å². The smallest absolute Gasteiger partial charge is 0.338 e. The van der Waals surface area contributed by atoms with Crippen LogP contribution in [-0.2, 0) is 9.53 Å². The van der Waals surface area contributed by atoms with Crippen LogP contribution in [0, 0.1) is 11.6 Å². The van der Waals surface area contributed by atoms with E-state index in [1.807, 2.05) is 0 Å². The van der Waals surface area contributed by atoms with Crippen LogP contribution in [0.1, 0.15) is 20.7 Å². The molecule has 27 heavy (non-hydrogen) atoms. The van der Waals surface area contributed by atoms with E-state index >= 15 is 0 Å². The van der Waals surface area contributed by atoms with Gasteiger partial charge in [-0.2, -0.15) is 0 Å². The predicted molar refractivity (Wildman–Crippen MR) is 88.7 cm³/mol. The molecule has 0 heterocycles. The Morgan fingerprint density at radius 3 is 2.37 bits per heavy atom. The average molecular weight is 379 g/mol. The molecule has 0 aliphatic rings. The number of methoxy groups -OCH3 is 1. The molecule has 2 rings (SSSR count). The number of ether oxygens (including phenoxy) is 3. The molecule has 0 spiro atoms. The van der Waals surface area contributed by atoms with Gasteiger partial charge in [-0.25, -0.2) is 13.6 Å². The van der Waals surface area contributed by atoms with E-state index in [1.54, 1.807) is 0 Å². The van der Waals surface area contributed by atoms with Gasteiger partial charge in [0.1, 0.15) is 11.6 Å². The number of rotatable bonds is 8. The first-order chi connectivity index (χ1) is 12.8. The lowest BCUT2D eigenvalue weighted by Crippen LogP contribution is -2.20. The summed E-state index contributed by atoms with van der Waals surface area (Å²) in [6.45, 7) is -1.11. The van der Waals surface area contributed by atoms with Gasteiger partial charge in [-0.3, -0.25) is 9.59 Å². The van der Waals surface area contributed by atoms with Gasteiger partial charge in [-0.15, -0.1) is 0 Å². The summed E-state index contributed by atoms with van der Waals surface area (Å²) in [7, 11) is 1.32. The Labute approximate surface area is 152 Å². The van der Waals surface area contributed by atoms with E-state index < -0.39 is 41.5 Å². The number of amides is 1. The highest BCUT2D eigenvalue weighted by atomic mass is 19.1. The molecular formula is C18H15F2NO6. The molecule has 7 nitrogen and oxygen atoms in total. The first kappa shape index (κ1) is 19.8. The van der Waals surface area contributed by atoms with Crippen LogP contribution in [0.5, 0.6) is 11.5 Å². The third-order valence-electron chi connectivity index (χ3n) is 3.34. The minimum absolute atomic E-state index is 0.0330. The molecule has 0 aromatic heterocycles. The molecule has 0 atom stereocenters. The van der Waals surface area contributed by atoms with Crippen molar-refractivity contribution in [2.75, 3.05) is 20.3 Å². The zero-order chi connectivity index (χ0) is 20.0. The van der Waals surface area contributed by atoms with Crippen molar-refractivity contribution in [3.8, 4) is 11.5 Å². The Morgan fingerprint density at radius 1 is 1.00 bits per heavy atom. The Morgan fingerprint density at radius 2 is 1.74 bits per heavy atom. The van der Waals surface area contributed by atoms with Crippen molar-refractivity contribution in [3.63, 3.8) is 0 Å². The number of benzene rings is 2. The molecule has 0 aliphatic heterocycles. The Kier molecular flexibility index (Phi) is 6.42. The van der Waals surface area contributed by atoms with Crippen LogP contribution >= 0.6 is 0 Å². The Hall–Kier alpha value is -3.49. The Bertz CT molecular complexity index is 884. The molecule has 0 bridgehead atoms. The zero-order valence-corrected chi connectivity index (χ0v) is 14.2. The topological polar surface area (TPSA) is 105 Å². The number of Topliss-reactive ketones (excluding diaryl/α,β-unsaturated/α-hetero) is 1. The molecule has 2 N–H and O–H groups in total. The lowest BCUT2D eigenvalue weighted by atomic mass is 10.1. The average Bonchev–Trinajstić information content (AvgIpc) is 2.63. The summed E-state index contributed by atoms with van der Waals surface area (Å²) in [6.07, 6.45) is 0. The third-order valence-corrected chi connectivity index (χ3v) is 3.34. The van der Waals surface area contributed by atoms with Gasteiger partial charge < -0.3 is 19.9 Å². The lowest BCUT2D eigenvalue weighted by Gasteiger charge is -2.11. The zero-order valence-electron chi connectivity index (χ0n) is 14.2. The van der Waals surface area contributed by atoms with Crippen LogP contribution in [-0.4, -0.2) is 38.0 Å². The van der Waals surface area contributed by atoms with E-state index in [4.69, 9.17) is 19.9 Å². The van der Waals surface area contributed by atoms with E-state index in [0.29, 0.717) is 6.07 Å². The molecule has 0 aliphatic carbocycles. The van der Waals surface area contributed by atoms with Crippen LogP contribution in [0.4, 0.5) is 8.78 Å². The standard InChI is InChI=1S/C18H15F2NO6/c1-25-16-6-10(2-5-15(16)26-9-17(21)23)18(24)27-8-14(22)12-4-3-11(19)7-13(12)20/h2-7H,8-9H2,1H3,(H2,21,23). The minimum atomic E-state index is -1.05. The number of esters is 1. The molecule has 0 radical (unpaired) electrons. The fourth-order valence-electron chi connectivity index (χ4n) is 2.07. The number of carbonyl (C=O) groups excluding carboxylic acids is 3. The fourth-order valence-corrected chi connectivity index (χ4v) is 2.07. The van der Waals surface area contributed by atoms with Crippen LogP contribution < -0.4 is 15.2 Å². The maximum absolute atomic E-state index is 13.6. The summed E-state index contributed by atoms with van der Waals surface area (Å²) < 4.78 is 41.4. The normalized spacial score (nSPS) is 10.2. The molecule has 0 fully saturated rings. The van der Waals surface area contributed by atoms with Gasteiger partial charge in [0.25, 0.3) is 5.91 Å². The maximum Gasteiger partial charge on any atom is 0.338 e. The predicted octanol–water partition coefficient (Wildman–Crippen LogP) is 1.88. The Balaban J connectivity index is 2.04. The van der Waals surface area contributed by atoms with Crippen molar-refractivity contribution in [1.29, 1.82) is 0 Å². The van der Waals surface area contributed by atoms with E-state index in [9.17, 15) is 23.2 Å². The van der Waals surface area contributed by atoms with E-state index in [-0.39, 0.29) is 23.7 Å². The molecular weight excluding hydrogens is 364 g/mol. The number of nitrogens with two attached hydrogens (primary N) is 1. The summed E-state index contributed by atoms with van der Waals surface area (Å²) in [5, 5.41) is 0. The summed E-state index contributed by atoms with van der Waals surface area (Å²) in [6, 6.07) is 6.42.